The molecule has 12 nitrogen and oxygen atoms in total. The number of hydrogen-bond donors (Lipinski definition) is 5. The summed E-state index contributed by atoms with van der Waals surface area (Å²) in [4.78, 5) is 30.9. The van der Waals surface area contributed by atoms with Crippen LogP contribution in [0.1, 0.15) is 79.9 Å². The van der Waals surface area contributed by atoms with Gasteiger partial charge in [-0.1, -0.05) is 36.3 Å². The summed E-state index contributed by atoms with van der Waals surface area (Å²) in [5.41, 5.74) is 1.87. The van der Waals surface area contributed by atoms with Gasteiger partial charge in [0.2, 0.25) is 5.56 Å². The maximum Gasteiger partial charge on any atom is 0.344 e. The number of aliphatic hydroxyl groups is 2. The molecular formula is C39H48N6O6S. The molecule has 0 aliphatic heterocycles. The van der Waals surface area contributed by atoms with Gasteiger partial charge >= 0.3 is 5.97 Å². The van der Waals surface area contributed by atoms with Gasteiger partial charge < -0.3 is 35.3 Å². The number of ether oxygens (including phenoxy) is 1. The van der Waals surface area contributed by atoms with Crippen molar-refractivity contribution in [3.8, 4) is 5.75 Å². The SMILES string of the molecule is CN(CCCn1nnc2cc(CNC[C@H](O)c3ccc(O)c4[nH]c(=O)ccc34)ccc21)C1CCC(OC(=O)[C@](O)(c2cccs2)C2CCCC2)CC1. The lowest BCUT2D eigenvalue weighted by atomic mass is 9.84. The predicted molar refractivity (Wildman–Crippen MR) is 200 cm³/mol. The van der Waals surface area contributed by atoms with Crippen LogP contribution in [-0.4, -0.2) is 78.4 Å². The normalized spacial score (nSPS) is 20.1. The molecule has 2 atom stereocenters. The first kappa shape index (κ1) is 36.2. The summed E-state index contributed by atoms with van der Waals surface area (Å²) >= 11 is 1.43. The number of aromatic amines is 1. The van der Waals surface area contributed by atoms with Crippen LogP contribution >= 0.6 is 11.3 Å². The van der Waals surface area contributed by atoms with Crippen LogP contribution in [0, 0.1) is 5.92 Å². The smallest absolute Gasteiger partial charge is 0.344 e. The molecule has 0 radical (unpaired) electrons. The minimum Gasteiger partial charge on any atom is -0.506 e. The number of phenols is 1. The average molecular weight is 729 g/mol. The van der Waals surface area contributed by atoms with E-state index in [2.05, 4.69) is 32.6 Å². The minimum atomic E-state index is -1.54. The summed E-state index contributed by atoms with van der Waals surface area (Å²) in [5.74, 6) is -0.590. The number of nitrogens with zero attached hydrogens (tertiary/aromatic N) is 4. The van der Waals surface area contributed by atoms with E-state index < -0.39 is 17.7 Å². The number of esters is 1. The van der Waals surface area contributed by atoms with Crippen LogP contribution in [0.5, 0.6) is 5.75 Å². The van der Waals surface area contributed by atoms with Crippen LogP contribution < -0.4 is 10.9 Å². The van der Waals surface area contributed by atoms with E-state index >= 15 is 0 Å². The van der Waals surface area contributed by atoms with E-state index in [-0.39, 0.29) is 29.9 Å². The molecule has 2 aliphatic rings. The number of aryl methyl sites for hydroxylation is 1. The standard InChI is InChI=1S/C39H48N6O6S/c1-44(27-10-12-28(13-11-27)51-38(49)39(50,26-6-2-3-7-26)35-8-4-21-52-35)19-5-20-45-32-16-9-25(22-31(32)42-43-45)23-40-24-34(47)29-14-17-33(46)37-30(29)15-18-36(48)41-37/h4,8-9,14-18,21-22,26-28,34,40,46-47,50H,2-3,5-7,10-13,19-20,23-24H2,1H3,(H,41,48)/t27?,28?,34-,39+/m0/s1. The number of H-pyrrole nitrogens is 1. The number of rotatable bonds is 14. The lowest BCUT2D eigenvalue weighted by Gasteiger charge is -2.37. The summed E-state index contributed by atoms with van der Waals surface area (Å²) in [6, 6.07) is 16.4. The predicted octanol–water partition coefficient (Wildman–Crippen LogP) is 5.12. The van der Waals surface area contributed by atoms with Crippen molar-refractivity contribution in [1.29, 1.82) is 0 Å². The Morgan fingerprint density at radius 3 is 2.69 bits per heavy atom. The van der Waals surface area contributed by atoms with Gasteiger partial charge in [-0.3, -0.25) is 4.79 Å². The van der Waals surface area contributed by atoms with Crippen LogP contribution in [0.4, 0.5) is 0 Å². The number of hydrogen-bond acceptors (Lipinski definition) is 11. The molecule has 0 saturated heterocycles. The van der Waals surface area contributed by atoms with E-state index in [4.69, 9.17) is 4.74 Å². The van der Waals surface area contributed by atoms with Crippen LogP contribution in [0.15, 0.2) is 64.8 Å². The Balaban J connectivity index is 0.856. The molecule has 7 rings (SSSR count). The van der Waals surface area contributed by atoms with Crippen molar-refractivity contribution < 1.29 is 24.9 Å². The van der Waals surface area contributed by atoms with Crippen LogP contribution in [0.3, 0.4) is 0 Å². The zero-order valence-corrected chi connectivity index (χ0v) is 30.4. The maximum atomic E-state index is 13.5. The average Bonchev–Trinajstić information content (AvgIpc) is 3.96. The summed E-state index contributed by atoms with van der Waals surface area (Å²) < 4.78 is 7.96. The second-order valence-electron chi connectivity index (χ2n) is 14.5. The van der Waals surface area contributed by atoms with Gasteiger partial charge in [-0.05, 0) is 105 Å². The molecule has 276 valence electrons. The maximum absolute atomic E-state index is 13.5. The summed E-state index contributed by atoms with van der Waals surface area (Å²) in [6.07, 6.45) is 7.18. The fraction of sp³-hybridized carbons (Fsp3) is 0.487. The third-order valence-electron chi connectivity index (χ3n) is 11.1. The van der Waals surface area contributed by atoms with Gasteiger partial charge in [-0.25, -0.2) is 9.48 Å². The van der Waals surface area contributed by atoms with Gasteiger partial charge in [0, 0.05) is 47.9 Å². The zero-order valence-electron chi connectivity index (χ0n) is 29.5. The number of aromatic nitrogens is 4. The lowest BCUT2D eigenvalue weighted by Crippen LogP contribution is -2.45. The largest absolute Gasteiger partial charge is 0.506 e. The highest BCUT2D eigenvalue weighted by Gasteiger charge is 2.49. The Labute approximate surface area is 306 Å². The van der Waals surface area contributed by atoms with Crippen molar-refractivity contribution in [2.24, 2.45) is 5.92 Å². The number of pyridine rings is 1. The van der Waals surface area contributed by atoms with E-state index in [9.17, 15) is 24.9 Å². The number of aromatic hydroxyl groups is 1. The van der Waals surface area contributed by atoms with Gasteiger partial charge in [-0.15, -0.1) is 16.4 Å². The number of carbonyl (C=O) groups excluding carboxylic acids is 1. The molecule has 13 heteroatoms. The Morgan fingerprint density at radius 1 is 1.12 bits per heavy atom. The zero-order chi connectivity index (χ0) is 36.2. The Morgan fingerprint density at radius 2 is 1.92 bits per heavy atom. The third kappa shape index (κ3) is 7.65. The van der Waals surface area contributed by atoms with Gasteiger partial charge in [0.25, 0.3) is 0 Å². The van der Waals surface area contributed by atoms with Crippen molar-refractivity contribution >= 4 is 39.2 Å². The molecule has 0 unspecified atom stereocenters. The van der Waals surface area contributed by atoms with E-state index in [1.165, 1.54) is 23.5 Å². The van der Waals surface area contributed by atoms with E-state index in [1.54, 1.807) is 12.1 Å². The summed E-state index contributed by atoms with van der Waals surface area (Å²) in [7, 11) is 2.16. The van der Waals surface area contributed by atoms with Crippen molar-refractivity contribution in [2.75, 3.05) is 20.1 Å². The van der Waals surface area contributed by atoms with Crippen molar-refractivity contribution in [2.45, 2.75) is 94.7 Å². The highest BCUT2D eigenvalue weighted by Crippen LogP contribution is 2.44. The van der Waals surface area contributed by atoms with Crippen molar-refractivity contribution in [3.05, 3.63) is 86.3 Å². The van der Waals surface area contributed by atoms with Gasteiger partial charge in [-0.2, -0.15) is 0 Å². The van der Waals surface area contributed by atoms with Gasteiger partial charge in [0.15, 0.2) is 5.60 Å². The molecule has 2 fully saturated rings. The van der Waals surface area contributed by atoms with Crippen LogP contribution in [0.2, 0.25) is 0 Å². The molecule has 3 aromatic heterocycles. The fourth-order valence-electron chi connectivity index (χ4n) is 8.11. The Kier molecular flexibility index (Phi) is 11.0. The fourth-order valence-corrected chi connectivity index (χ4v) is 9.00. The topological polar surface area (TPSA) is 166 Å². The first-order chi connectivity index (χ1) is 25.2. The van der Waals surface area contributed by atoms with Crippen molar-refractivity contribution in [1.82, 2.24) is 30.2 Å². The number of phenolic OH excluding ortho intramolecular Hbond substituents is 1. The number of aliphatic hydroxyl groups excluding tert-OH is 1. The molecule has 52 heavy (non-hydrogen) atoms. The second kappa shape index (κ2) is 15.8. The second-order valence-corrected chi connectivity index (χ2v) is 15.4. The number of thiophene rings is 1. The number of fused-ring (bicyclic) bond motifs is 2. The number of carbonyl (C=O) groups is 1. The Bertz CT molecular complexity index is 2030. The summed E-state index contributed by atoms with van der Waals surface area (Å²) in [5, 5.41) is 47.3. The first-order valence-corrected chi connectivity index (χ1v) is 19.3. The molecule has 2 aliphatic carbocycles. The molecule has 0 amide bonds. The lowest BCUT2D eigenvalue weighted by molar-refractivity contribution is -0.180. The molecule has 5 aromatic rings. The monoisotopic (exact) mass is 728 g/mol. The van der Waals surface area contributed by atoms with Crippen LogP contribution in [-0.2, 0) is 28.2 Å². The molecule has 0 spiro atoms. The van der Waals surface area contributed by atoms with E-state index in [1.807, 2.05) is 40.4 Å². The van der Waals surface area contributed by atoms with E-state index in [0.29, 0.717) is 33.9 Å². The Hall–Kier alpha value is -4.14. The van der Waals surface area contributed by atoms with Crippen molar-refractivity contribution in [3.63, 3.8) is 0 Å². The highest BCUT2D eigenvalue weighted by atomic mass is 32.1. The van der Waals surface area contributed by atoms with Gasteiger partial charge in [0.05, 0.1) is 17.1 Å². The van der Waals surface area contributed by atoms with Crippen LogP contribution in [0.25, 0.3) is 21.9 Å². The van der Waals surface area contributed by atoms with Gasteiger partial charge in [0.1, 0.15) is 17.4 Å². The molecule has 5 N–H and O–H groups in total. The molecule has 3 heterocycles. The molecular weight excluding hydrogens is 681 g/mol. The summed E-state index contributed by atoms with van der Waals surface area (Å²) in [6.45, 7) is 2.46. The first-order valence-electron chi connectivity index (χ1n) is 18.4. The molecule has 2 aromatic carbocycles. The van der Waals surface area contributed by atoms with E-state index in [0.717, 1.165) is 87.5 Å². The quantitative estimate of drug-likeness (QED) is 0.0970. The molecule has 0 bridgehead atoms. The molecule has 2 saturated carbocycles. The minimum absolute atomic E-state index is 0.0383. The number of benzene rings is 2. The highest BCUT2D eigenvalue weighted by molar-refractivity contribution is 7.10. The number of nitrogens with one attached hydrogen (secondary N) is 2. The third-order valence-corrected chi connectivity index (χ3v) is 12.1.